The van der Waals surface area contributed by atoms with Crippen LogP contribution in [0.2, 0.25) is 0 Å². The molecule has 3 aromatic rings. The number of sulfonamides is 1. The van der Waals surface area contributed by atoms with Crippen molar-refractivity contribution in [2.75, 3.05) is 0 Å². The summed E-state index contributed by atoms with van der Waals surface area (Å²) < 4.78 is 42.3. The number of nitrogens with zero attached hydrogens (tertiary/aromatic N) is 4. The van der Waals surface area contributed by atoms with E-state index >= 15 is 0 Å². The molecule has 0 bridgehead atoms. The van der Waals surface area contributed by atoms with Crippen molar-refractivity contribution in [2.24, 2.45) is 7.05 Å². The zero-order valence-electron chi connectivity index (χ0n) is 14.6. The largest absolute Gasteiger partial charge is 0.271 e. The lowest BCUT2D eigenvalue weighted by Crippen LogP contribution is -2.25. The van der Waals surface area contributed by atoms with E-state index in [1.807, 2.05) is 0 Å². The third-order valence-corrected chi connectivity index (χ3v) is 5.67. The fourth-order valence-corrected chi connectivity index (χ4v) is 4.09. The second-order valence-corrected chi connectivity index (χ2v) is 7.55. The van der Waals surface area contributed by atoms with E-state index in [2.05, 4.69) is 19.8 Å². The molecule has 3 rings (SSSR count). The highest BCUT2D eigenvalue weighted by molar-refractivity contribution is 7.89. The smallest absolute Gasteiger partial charge is 0.244 e. The van der Waals surface area contributed by atoms with Crippen LogP contribution in [-0.2, 0) is 23.6 Å². The van der Waals surface area contributed by atoms with Crippen LogP contribution in [0.25, 0.3) is 11.3 Å². The molecule has 7 nitrogen and oxygen atoms in total. The summed E-state index contributed by atoms with van der Waals surface area (Å²) in [5.41, 5.74) is 2.80. The average molecular weight is 375 g/mol. The first-order chi connectivity index (χ1) is 12.3. The van der Waals surface area contributed by atoms with Gasteiger partial charge in [0, 0.05) is 12.6 Å². The summed E-state index contributed by atoms with van der Waals surface area (Å²) >= 11 is 0. The molecule has 136 valence electrons. The van der Waals surface area contributed by atoms with E-state index in [1.54, 1.807) is 39.1 Å². The summed E-state index contributed by atoms with van der Waals surface area (Å²) in [6, 6.07) is 7.56. The molecule has 1 aromatic carbocycles. The van der Waals surface area contributed by atoms with Crippen LogP contribution in [0.15, 0.2) is 41.6 Å². The third-order valence-electron chi connectivity index (χ3n) is 4.02. The Morgan fingerprint density at radius 1 is 1.15 bits per heavy atom. The average Bonchev–Trinajstić information content (AvgIpc) is 2.87. The Labute approximate surface area is 151 Å². The second-order valence-electron chi connectivity index (χ2n) is 5.85. The lowest BCUT2D eigenvalue weighted by atomic mass is 10.1. The number of rotatable bonds is 5. The fourth-order valence-electron chi connectivity index (χ4n) is 2.66. The van der Waals surface area contributed by atoms with Crippen LogP contribution < -0.4 is 4.72 Å². The summed E-state index contributed by atoms with van der Waals surface area (Å²) in [6.07, 6.45) is 1.35. The minimum Gasteiger partial charge on any atom is -0.271 e. The predicted octanol–water partition coefficient (Wildman–Crippen LogP) is 2.11. The fraction of sp³-hybridized carbons (Fsp3) is 0.235. The van der Waals surface area contributed by atoms with E-state index in [9.17, 15) is 12.8 Å². The molecule has 0 amide bonds. The topological polar surface area (TPSA) is 89.8 Å². The number of benzene rings is 1. The first kappa shape index (κ1) is 18.2. The van der Waals surface area contributed by atoms with Crippen molar-refractivity contribution >= 4 is 10.0 Å². The van der Waals surface area contributed by atoms with Gasteiger partial charge in [0.05, 0.1) is 29.3 Å². The molecule has 0 unspecified atom stereocenters. The number of nitrogens with one attached hydrogen (secondary N) is 1. The molecular weight excluding hydrogens is 357 g/mol. The van der Waals surface area contributed by atoms with E-state index in [0.717, 1.165) is 5.56 Å². The molecule has 0 aliphatic carbocycles. The monoisotopic (exact) mass is 375 g/mol. The zero-order chi connectivity index (χ0) is 18.9. The highest BCUT2D eigenvalue weighted by atomic mass is 32.2. The molecule has 0 fully saturated rings. The number of aryl methyl sites for hydroxylation is 2. The first-order valence-electron chi connectivity index (χ1n) is 7.84. The SMILES string of the molecule is Cc1nn(C)c(C)c1S(=O)(=O)NCc1cc(-c2ccc(F)cc2)ncn1. The Morgan fingerprint density at radius 2 is 1.85 bits per heavy atom. The summed E-state index contributed by atoms with van der Waals surface area (Å²) in [7, 11) is -2.03. The molecule has 1 N–H and O–H groups in total. The summed E-state index contributed by atoms with van der Waals surface area (Å²) in [5, 5.41) is 4.13. The van der Waals surface area contributed by atoms with E-state index in [4.69, 9.17) is 0 Å². The summed E-state index contributed by atoms with van der Waals surface area (Å²) in [4.78, 5) is 8.42. The zero-order valence-corrected chi connectivity index (χ0v) is 15.4. The van der Waals surface area contributed by atoms with Gasteiger partial charge in [0.25, 0.3) is 0 Å². The van der Waals surface area contributed by atoms with Gasteiger partial charge in [-0.2, -0.15) is 5.10 Å². The van der Waals surface area contributed by atoms with Gasteiger partial charge in [0.1, 0.15) is 17.0 Å². The molecule has 2 heterocycles. The lowest BCUT2D eigenvalue weighted by molar-refractivity contribution is 0.578. The molecule has 0 spiro atoms. The molecule has 0 atom stereocenters. The highest BCUT2D eigenvalue weighted by Crippen LogP contribution is 2.20. The quantitative estimate of drug-likeness (QED) is 0.738. The second kappa shape index (κ2) is 6.93. The van der Waals surface area contributed by atoms with Gasteiger partial charge < -0.3 is 0 Å². The Morgan fingerprint density at radius 3 is 2.46 bits per heavy atom. The van der Waals surface area contributed by atoms with Crippen LogP contribution in [0.1, 0.15) is 17.1 Å². The number of halogens is 1. The van der Waals surface area contributed by atoms with Gasteiger partial charge in [0.2, 0.25) is 10.0 Å². The van der Waals surface area contributed by atoms with Gasteiger partial charge in [-0.05, 0) is 44.2 Å². The van der Waals surface area contributed by atoms with Crippen LogP contribution in [-0.4, -0.2) is 28.2 Å². The molecule has 0 aliphatic heterocycles. The molecule has 0 aliphatic rings. The van der Waals surface area contributed by atoms with Crippen molar-refractivity contribution in [1.82, 2.24) is 24.5 Å². The Balaban J connectivity index is 1.81. The van der Waals surface area contributed by atoms with Gasteiger partial charge >= 0.3 is 0 Å². The minimum atomic E-state index is -3.73. The molecule has 2 aromatic heterocycles. The van der Waals surface area contributed by atoms with Gasteiger partial charge in [-0.15, -0.1) is 0 Å². The molecule has 26 heavy (non-hydrogen) atoms. The third kappa shape index (κ3) is 3.63. The van der Waals surface area contributed by atoms with E-state index in [1.165, 1.54) is 23.1 Å². The Bertz CT molecular complexity index is 1050. The van der Waals surface area contributed by atoms with Gasteiger partial charge in [-0.3, -0.25) is 4.68 Å². The van der Waals surface area contributed by atoms with Crippen LogP contribution >= 0.6 is 0 Å². The van der Waals surface area contributed by atoms with Crippen LogP contribution in [0.5, 0.6) is 0 Å². The molecular formula is C17H18FN5O2S. The van der Waals surface area contributed by atoms with Gasteiger partial charge in [-0.1, -0.05) is 0 Å². The van der Waals surface area contributed by atoms with Crippen molar-refractivity contribution in [2.45, 2.75) is 25.3 Å². The molecule has 0 radical (unpaired) electrons. The standard InChI is InChI=1S/C17H18FN5O2S/c1-11-17(12(2)23(3)22-11)26(24,25)21-9-15-8-16(20-10-19-15)13-4-6-14(18)7-5-13/h4-8,10,21H,9H2,1-3H3. The normalized spacial score (nSPS) is 11.7. The molecule has 0 saturated carbocycles. The first-order valence-corrected chi connectivity index (χ1v) is 9.33. The van der Waals surface area contributed by atoms with Crippen LogP contribution in [0.3, 0.4) is 0 Å². The molecule has 9 heteroatoms. The lowest BCUT2D eigenvalue weighted by Gasteiger charge is -2.08. The maximum atomic E-state index is 13.0. The summed E-state index contributed by atoms with van der Waals surface area (Å²) in [6.45, 7) is 3.36. The number of hydrogen-bond donors (Lipinski definition) is 1. The maximum absolute atomic E-state index is 13.0. The van der Waals surface area contributed by atoms with Crippen molar-refractivity contribution in [3.63, 3.8) is 0 Å². The maximum Gasteiger partial charge on any atom is 0.244 e. The van der Waals surface area contributed by atoms with Crippen LogP contribution in [0.4, 0.5) is 4.39 Å². The van der Waals surface area contributed by atoms with E-state index < -0.39 is 10.0 Å². The number of aromatic nitrogens is 4. The summed E-state index contributed by atoms with van der Waals surface area (Å²) in [5.74, 6) is -0.335. The number of hydrogen-bond acceptors (Lipinski definition) is 5. The van der Waals surface area contributed by atoms with Gasteiger partial charge in [-0.25, -0.2) is 27.5 Å². The Hall–Kier alpha value is -2.65. The highest BCUT2D eigenvalue weighted by Gasteiger charge is 2.23. The van der Waals surface area contributed by atoms with E-state index in [-0.39, 0.29) is 17.3 Å². The van der Waals surface area contributed by atoms with Crippen LogP contribution in [0, 0.1) is 19.7 Å². The predicted molar refractivity (Wildman–Crippen MR) is 94.1 cm³/mol. The van der Waals surface area contributed by atoms with E-state index in [0.29, 0.717) is 22.8 Å². The van der Waals surface area contributed by atoms with Crippen molar-refractivity contribution < 1.29 is 12.8 Å². The van der Waals surface area contributed by atoms with Crippen molar-refractivity contribution in [1.29, 1.82) is 0 Å². The van der Waals surface area contributed by atoms with Crippen molar-refractivity contribution in [3.8, 4) is 11.3 Å². The minimum absolute atomic E-state index is 0.00677. The Kier molecular flexibility index (Phi) is 4.84. The molecule has 0 saturated heterocycles. The van der Waals surface area contributed by atoms with Gasteiger partial charge in [0.15, 0.2) is 0 Å². The van der Waals surface area contributed by atoms with Crippen molar-refractivity contribution in [3.05, 3.63) is 59.6 Å².